The molecule has 1 N–H and O–H groups in total. The molecule has 1 unspecified atom stereocenters. The summed E-state index contributed by atoms with van der Waals surface area (Å²) in [6.07, 6.45) is 1.76. The van der Waals surface area contributed by atoms with Crippen molar-refractivity contribution in [2.45, 2.75) is 32.4 Å². The average molecular weight is 539 g/mol. The smallest absolute Gasteiger partial charge is 0.165 e. The second kappa shape index (κ2) is 13.3. The molecule has 0 aromatic heterocycles. The van der Waals surface area contributed by atoms with E-state index < -0.39 is 11.9 Å². The lowest BCUT2D eigenvalue weighted by molar-refractivity contribution is 0.0728. The van der Waals surface area contributed by atoms with E-state index in [1.807, 2.05) is 30.1 Å². The van der Waals surface area contributed by atoms with Gasteiger partial charge in [0.05, 0.1) is 7.11 Å². The highest BCUT2D eigenvalue weighted by Crippen LogP contribution is 2.29. The molecular formula is C26H36BrFN2O4. The maximum absolute atomic E-state index is 13.8. The highest BCUT2D eigenvalue weighted by atomic mass is 79.9. The van der Waals surface area contributed by atoms with E-state index >= 15 is 0 Å². The molecule has 1 atom stereocenters. The molecule has 0 aliphatic carbocycles. The van der Waals surface area contributed by atoms with E-state index in [9.17, 15) is 9.50 Å². The fourth-order valence-electron chi connectivity index (χ4n) is 4.06. The van der Waals surface area contributed by atoms with Gasteiger partial charge in [-0.25, -0.2) is 4.39 Å². The first kappa shape index (κ1) is 26.7. The Morgan fingerprint density at radius 3 is 2.62 bits per heavy atom. The van der Waals surface area contributed by atoms with Crippen molar-refractivity contribution in [3.05, 3.63) is 52.3 Å². The van der Waals surface area contributed by atoms with Crippen LogP contribution in [0, 0.1) is 11.7 Å². The van der Waals surface area contributed by atoms with E-state index in [1.54, 1.807) is 19.2 Å². The van der Waals surface area contributed by atoms with E-state index in [4.69, 9.17) is 14.2 Å². The van der Waals surface area contributed by atoms with Crippen LogP contribution in [-0.4, -0.2) is 74.6 Å². The van der Waals surface area contributed by atoms with Gasteiger partial charge < -0.3 is 19.3 Å². The molecule has 1 aliphatic heterocycles. The van der Waals surface area contributed by atoms with Crippen LogP contribution in [-0.2, 0) is 6.54 Å². The highest BCUT2D eigenvalue weighted by molar-refractivity contribution is 9.10. The molecule has 3 rings (SSSR count). The van der Waals surface area contributed by atoms with Crippen molar-refractivity contribution < 1.29 is 23.7 Å². The number of ether oxygens (including phenoxy) is 3. The molecule has 1 fully saturated rings. The van der Waals surface area contributed by atoms with Gasteiger partial charge in [0, 0.05) is 24.1 Å². The van der Waals surface area contributed by atoms with Crippen molar-refractivity contribution >= 4 is 15.9 Å². The Labute approximate surface area is 210 Å². The van der Waals surface area contributed by atoms with Crippen molar-refractivity contribution in [1.29, 1.82) is 0 Å². The van der Waals surface area contributed by atoms with Crippen LogP contribution in [0.15, 0.2) is 40.9 Å². The molecule has 0 radical (unpaired) electrons. The molecule has 2 aromatic carbocycles. The van der Waals surface area contributed by atoms with E-state index in [1.165, 1.54) is 18.9 Å². The van der Waals surface area contributed by atoms with Crippen LogP contribution < -0.4 is 14.2 Å². The van der Waals surface area contributed by atoms with Gasteiger partial charge in [-0.05, 0) is 74.8 Å². The number of methoxy groups -OCH3 is 1. The Bertz CT molecular complexity index is 908. The number of likely N-dealkylation sites (N-methyl/N-ethyl adjacent to an activating group) is 1. The maximum Gasteiger partial charge on any atom is 0.165 e. The molecular weight excluding hydrogens is 503 g/mol. The summed E-state index contributed by atoms with van der Waals surface area (Å²) >= 11 is 3.29. The largest absolute Gasteiger partial charge is 0.493 e. The van der Waals surface area contributed by atoms with Gasteiger partial charge in [0.2, 0.25) is 0 Å². The zero-order chi connectivity index (χ0) is 24.5. The number of hydrogen-bond acceptors (Lipinski definition) is 6. The van der Waals surface area contributed by atoms with Crippen LogP contribution in [0.1, 0.15) is 25.3 Å². The monoisotopic (exact) mass is 538 g/mol. The number of benzene rings is 2. The molecule has 0 amide bonds. The minimum absolute atomic E-state index is 0.00371. The van der Waals surface area contributed by atoms with Crippen LogP contribution in [0.2, 0.25) is 0 Å². The van der Waals surface area contributed by atoms with Crippen molar-refractivity contribution in [3.8, 4) is 17.2 Å². The van der Waals surface area contributed by atoms with Crippen molar-refractivity contribution in [3.63, 3.8) is 0 Å². The van der Waals surface area contributed by atoms with Gasteiger partial charge in [0.15, 0.2) is 23.1 Å². The summed E-state index contributed by atoms with van der Waals surface area (Å²) in [5, 5.41) is 10.3. The van der Waals surface area contributed by atoms with E-state index in [2.05, 4.69) is 27.8 Å². The number of nitrogens with zero attached hydrogens (tertiary/aromatic N) is 2. The summed E-state index contributed by atoms with van der Waals surface area (Å²) in [5.74, 6) is 1.93. The lowest BCUT2D eigenvalue weighted by atomic mass is 9.99. The molecule has 0 bridgehead atoms. The lowest BCUT2D eigenvalue weighted by Crippen LogP contribution is -2.35. The highest BCUT2D eigenvalue weighted by Gasteiger charge is 2.16. The first-order chi connectivity index (χ1) is 16.3. The van der Waals surface area contributed by atoms with Gasteiger partial charge in [-0.3, -0.25) is 9.80 Å². The Morgan fingerprint density at radius 1 is 1.12 bits per heavy atom. The zero-order valence-corrected chi connectivity index (χ0v) is 21.9. The number of hydrogen-bond donors (Lipinski definition) is 1. The second-order valence-electron chi connectivity index (χ2n) is 9.09. The van der Waals surface area contributed by atoms with Crippen LogP contribution in [0.4, 0.5) is 4.39 Å². The number of piperidine rings is 1. The van der Waals surface area contributed by atoms with Gasteiger partial charge in [-0.15, -0.1) is 0 Å². The summed E-state index contributed by atoms with van der Waals surface area (Å²) in [5.41, 5.74) is 1.04. The lowest BCUT2D eigenvalue weighted by Gasteiger charge is -2.30. The Hall–Kier alpha value is -1.87. The number of likely N-dealkylation sites (tertiary alicyclic amines) is 1. The summed E-state index contributed by atoms with van der Waals surface area (Å²) in [6, 6.07) is 10.4. The summed E-state index contributed by atoms with van der Waals surface area (Å²) in [7, 11) is 3.56. The SMILES string of the molecule is COc1cc(CN(C)CC(O)COc2cc(Br)ccc2F)ccc1OCCN1CCC(C)CC1. The Morgan fingerprint density at radius 2 is 1.88 bits per heavy atom. The van der Waals surface area contributed by atoms with Crippen LogP contribution in [0.3, 0.4) is 0 Å². The number of aliphatic hydroxyl groups is 1. The van der Waals surface area contributed by atoms with E-state index in [0.29, 0.717) is 25.4 Å². The Balaban J connectivity index is 1.44. The molecule has 6 nitrogen and oxygen atoms in total. The molecule has 2 aromatic rings. The third-order valence-electron chi connectivity index (χ3n) is 6.07. The van der Waals surface area contributed by atoms with Crippen LogP contribution >= 0.6 is 15.9 Å². The van der Waals surface area contributed by atoms with Gasteiger partial charge >= 0.3 is 0 Å². The molecule has 1 heterocycles. The average Bonchev–Trinajstić information content (AvgIpc) is 2.81. The summed E-state index contributed by atoms with van der Waals surface area (Å²) < 4.78 is 31.5. The fraction of sp³-hybridized carbons (Fsp3) is 0.538. The maximum atomic E-state index is 13.8. The van der Waals surface area contributed by atoms with E-state index in [-0.39, 0.29) is 12.4 Å². The third kappa shape index (κ3) is 8.41. The van der Waals surface area contributed by atoms with Crippen molar-refractivity contribution in [2.75, 3.05) is 53.6 Å². The van der Waals surface area contributed by atoms with Crippen LogP contribution in [0.25, 0.3) is 0 Å². The minimum Gasteiger partial charge on any atom is -0.493 e. The third-order valence-corrected chi connectivity index (χ3v) is 6.56. The molecule has 0 saturated carbocycles. The van der Waals surface area contributed by atoms with E-state index in [0.717, 1.165) is 41.3 Å². The summed E-state index contributed by atoms with van der Waals surface area (Å²) in [4.78, 5) is 4.44. The second-order valence-corrected chi connectivity index (χ2v) is 10.0. The standard InChI is InChI=1S/C26H36BrFN2O4/c1-19-8-10-30(11-9-19)12-13-33-24-7-4-20(14-26(24)32-3)16-29(2)17-22(31)18-34-25-15-21(27)5-6-23(25)28/h4-7,14-15,19,22,31H,8-13,16-18H2,1-3H3. The number of halogens is 2. The zero-order valence-electron chi connectivity index (χ0n) is 20.3. The van der Waals surface area contributed by atoms with Gasteiger partial charge in [-0.1, -0.05) is 28.9 Å². The molecule has 34 heavy (non-hydrogen) atoms. The van der Waals surface area contributed by atoms with Crippen molar-refractivity contribution in [1.82, 2.24) is 9.80 Å². The quantitative estimate of drug-likeness (QED) is 0.427. The first-order valence-corrected chi connectivity index (χ1v) is 12.6. The molecule has 1 saturated heterocycles. The predicted octanol–water partition coefficient (Wildman–Crippen LogP) is 4.58. The first-order valence-electron chi connectivity index (χ1n) is 11.8. The Kier molecular flexibility index (Phi) is 10.4. The molecule has 1 aliphatic rings. The number of aliphatic hydroxyl groups excluding tert-OH is 1. The van der Waals surface area contributed by atoms with Gasteiger partial charge in [-0.2, -0.15) is 0 Å². The summed E-state index contributed by atoms with van der Waals surface area (Å²) in [6.45, 7) is 7.15. The predicted molar refractivity (Wildman–Crippen MR) is 135 cm³/mol. The molecule has 8 heteroatoms. The normalized spacial score (nSPS) is 16.0. The topological polar surface area (TPSA) is 54.4 Å². The minimum atomic E-state index is -0.759. The molecule has 188 valence electrons. The fourth-order valence-corrected chi connectivity index (χ4v) is 4.40. The van der Waals surface area contributed by atoms with Crippen LogP contribution in [0.5, 0.6) is 17.2 Å². The van der Waals surface area contributed by atoms with Gasteiger partial charge in [0.1, 0.15) is 19.3 Å². The molecule has 0 spiro atoms. The van der Waals surface area contributed by atoms with Crippen molar-refractivity contribution in [2.24, 2.45) is 5.92 Å². The number of rotatable bonds is 12. The van der Waals surface area contributed by atoms with Gasteiger partial charge in [0.25, 0.3) is 0 Å².